The van der Waals surface area contributed by atoms with Gasteiger partial charge in [-0.2, -0.15) is 0 Å². The molecule has 166 valence electrons. The summed E-state index contributed by atoms with van der Waals surface area (Å²) in [5.41, 5.74) is 3.13. The lowest BCUT2D eigenvalue weighted by molar-refractivity contribution is -0.126. The molecule has 4 rings (SSSR count). The van der Waals surface area contributed by atoms with Crippen molar-refractivity contribution in [3.63, 3.8) is 0 Å². The molecule has 1 saturated heterocycles. The number of aryl methyl sites for hydroxylation is 1. The average molecular weight is 470 g/mol. The zero-order chi connectivity index (χ0) is 22.5. The van der Waals surface area contributed by atoms with Gasteiger partial charge in [0.05, 0.1) is 0 Å². The van der Waals surface area contributed by atoms with Crippen molar-refractivity contribution in [1.29, 1.82) is 0 Å². The lowest BCUT2D eigenvalue weighted by Crippen LogP contribution is -2.51. The van der Waals surface area contributed by atoms with Gasteiger partial charge in [-0.15, -0.1) is 11.3 Å². The van der Waals surface area contributed by atoms with E-state index >= 15 is 0 Å². The van der Waals surface area contributed by atoms with E-state index in [4.69, 9.17) is 11.6 Å². The van der Waals surface area contributed by atoms with Gasteiger partial charge in [-0.3, -0.25) is 14.6 Å². The first kappa shape index (κ1) is 22.2. The molecule has 9 heteroatoms. The number of hydrogen-bond acceptors (Lipinski definition) is 6. The van der Waals surface area contributed by atoms with Crippen LogP contribution in [-0.4, -0.2) is 39.3 Å². The SMILES string of the molecule is Cc1ccc(Cl)cc1Nc1nc(C(=O)N2CCCC[C@@H]2C(=O)NCc2cccnc2)cs1. The van der Waals surface area contributed by atoms with Gasteiger partial charge in [0.2, 0.25) is 5.91 Å². The molecule has 7 nitrogen and oxygen atoms in total. The molecule has 1 aromatic carbocycles. The van der Waals surface area contributed by atoms with Crippen molar-refractivity contribution >= 4 is 45.6 Å². The number of carbonyl (C=O) groups is 2. The molecule has 3 aromatic rings. The average Bonchev–Trinajstić information content (AvgIpc) is 3.28. The van der Waals surface area contributed by atoms with Crippen molar-refractivity contribution in [1.82, 2.24) is 20.2 Å². The van der Waals surface area contributed by atoms with Crippen LogP contribution in [0.4, 0.5) is 10.8 Å². The fraction of sp³-hybridized carbons (Fsp3) is 0.304. The minimum atomic E-state index is -0.499. The Bertz CT molecular complexity index is 1100. The summed E-state index contributed by atoms with van der Waals surface area (Å²) in [6, 6.07) is 8.81. The third-order valence-corrected chi connectivity index (χ3v) is 6.41. The minimum Gasteiger partial charge on any atom is -0.350 e. The number of amides is 2. The molecule has 0 radical (unpaired) electrons. The molecule has 1 aliphatic heterocycles. The Morgan fingerprint density at radius 1 is 1.28 bits per heavy atom. The molecule has 1 aliphatic rings. The molecule has 1 atom stereocenters. The van der Waals surface area contributed by atoms with E-state index < -0.39 is 6.04 Å². The number of rotatable bonds is 6. The van der Waals surface area contributed by atoms with Crippen LogP contribution < -0.4 is 10.6 Å². The number of likely N-dealkylation sites (tertiary alicyclic amines) is 1. The van der Waals surface area contributed by atoms with Crippen LogP contribution in [-0.2, 0) is 11.3 Å². The van der Waals surface area contributed by atoms with Crippen LogP contribution in [0.5, 0.6) is 0 Å². The maximum absolute atomic E-state index is 13.2. The number of halogens is 1. The van der Waals surface area contributed by atoms with E-state index in [0.717, 1.165) is 29.7 Å². The molecule has 3 heterocycles. The van der Waals surface area contributed by atoms with Gasteiger partial charge < -0.3 is 15.5 Å². The molecule has 2 amide bonds. The number of piperidine rings is 1. The number of aromatic nitrogens is 2. The molecule has 2 N–H and O–H groups in total. The third-order valence-electron chi connectivity index (χ3n) is 5.42. The first-order valence-electron chi connectivity index (χ1n) is 10.5. The van der Waals surface area contributed by atoms with E-state index in [1.54, 1.807) is 22.7 Å². The summed E-state index contributed by atoms with van der Waals surface area (Å²) < 4.78 is 0. The summed E-state index contributed by atoms with van der Waals surface area (Å²) in [6.45, 7) is 2.90. The summed E-state index contributed by atoms with van der Waals surface area (Å²) in [7, 11) is 0. The maximum Gasteiger partial charge on any atom is 0.274 e. The molecule has 32 heavy (non-hydrogen) atoms. The number of thiazole rings is 1. The van der Waals surface area contributed by atoms with E-state index in [0.29, 0.717) is 35.4 Å². The minimum absolute atomic E-state index is 0.148. The Labute approximate surface area is 195 Å². The quantitative estimate of drug-likeness (QED) is 0.552. The van der Waals surface area contributed by atoms with Crippen LogP contribution in [0.1, 0.15) is 40.9 Å². The van der Waals surface area contributed by atoms with Gasteiger partial charge >= 0.3 is 0 Å². The Morgan fingerprint density at radius 3 is 2.97 bits per heavy atom. The van der Waals surface area contributed by atoms with Crippen molar-refractivity contribution in [2.24, 2.45) is 0 Å². The van der Waals surface area contributed by atoms with Gasteiger partial charge in [0.25, 0.3) is 5.91 Å². The van der Waals surface area contributed by atoms with E-state index in [2.05, 4.69) is 20.6 Å². The Kier molecular flexibility index (Phi) is 7.02. The zero-order valence-electron chi connectivity index (χ0n) is 17.7. The van der Waals surface area contributed by atoms with Crippen LogP contribution in [0.3, 0.4) is 0 Å². The number of benzene rings is 1. The van der Waals surface area contributed by atoms with Crippen molar-refractivity contribution < 1.29 is 9.59 Å². The van der Waals surface area contributed by atoms with Crippen molar-refractivity contribution in [3.8, 4) is 0 Å². The lowest BCUT2D eigenvalue weighted by atomic mass is 10.0. The first-order chi connectivity index (χ1) is 15.5. The molecular formula is C23H24ClN5O2S. The Hall–Kier alpha value is -2.97. The van der Waals surface area contributed by atoms with Crippen molar-refractivity contribution in [2.75, 3.05) is 11.9 Å². The van der Waals surface area contributed by atoms with Gasteiger partial charge in [-0.25, -0.2) is 4.98 Å². The summed E-state index contributed by atoms with van der Waals surface area (Å²) >= 11 is 7.44. The normalized spacial score (nSPS) is 15.9. The summed E-state index contributed by atoms with van der Waals surface area (Å²) in [6.07, 6.45) is 5.83. The van der Waals surface area contributed by atoms with Gasteiger partial charge in [-0.05, 0) is 55.5 Å². The molecule has 2 aromatic heterocycles. The summed E-state index contributed by atoms with van der Waals surface area (Å²) in [4.78, 5) is 36.3. The predicted octanol–water partition coefficient (Wildman–Crippen LogP) is 4.55. The topological polar surface area (TPSA) is 87.2 Å². The molecular weight excluding hydrogens is 446 g/mol. The number of pyridine rings is 1. The van der Waals surface area contributed by atoms with Crippen LogP contribution in [0, 0.1) is 6.92 Å². The highest BCUT2D eigenvalue weighted by Gasteiger charge is 2.33. The highest BCUT2D eigenvalue weighted by molar-refractivity contribution is 7.14. The highest BCUT2D eigenvalue weighted by atomic mass is 35.5. The molecule has 0 spiro atoms. The summed E-state index contributed by atoms with van der Waals surface area (Å²) in [5.74, 6) is -0.372. The highest BCUT2D eigenvalue weighted by Crippen LogP contribution is 2.27. The van der Waals surface area contributed by atoms with Crippen LogP contribution in [0.15, 0.2) is 48.1 Å². The van der Waals surface area contributed by atoms with Gasteiger partial charge in [0, 0.05) is 41.6 Å². The van der Waals surface area contributed by atoms with E-state index in [1.165, 1.54) is 11.3 Å². The van der Waals surface area contributed by atoms with E-state index in [9.17, 15) is 9.59 Å². The molecule has 0 saturated carbocycles. The second kappa shape index (κ2) is 10.1. The molecule has 1 fully saturated rings. The standard InChI is InChI=1S/C23H24ClN5O2S/c1-15-7-8-17(24)11-18(15)27-23-28-19(14-32-23)22(31)29-10-3-2-6-20(29)21(30)26-13-16-5-4-9-25-12-16/h4-5,7-9,11-12,14,20H,2-3,6,10,13H2,1H3,(H,26,30)(H,27,28)/t20-/m1/s1. The Morgan fingerprint density at radius 2 is 2.16 bits per heavy atom. The lowest BCUT2D eigenvalue weighted by Gasteiger charge is -2.34. The van der Waals surface area contributed by atoms with Crippen molar-refractivity contribution in [2.45, 2.75) is 38.8 Å². The summed E-state index contributed by atoms with van der Waals surface area (Å²) in [5, 5.41) is 9.12. The van der Waals surface area contributed by atoms with Crippen LogP contribution in [0.2, 0.25) is 5.02 Å². The van der Waals surface area contributed by atoms with Crippen LogP contribution in [0.25, 0.3) is 0 Å². The number of anilines is 2. The van der Waals surface area contributed by atoms with E-state index in [1.807, 2.05) is 37.3 Å². The third kappa shape index (κ3) is 5.26. The molecule has 0 bridgehead atoms. The second-order valence-corrected chi connectivity index (χ2v) is 9.01. The van der Waals surface area contributed by atoms with Gasteiger partial charge in [0.1, 0.15) is 11.7 Å². The monoisotopic (exact) mass is 469 g/mol. The number of nitrogens with one attached hydrogen (secondary N) is 2. The maximum atomic E-state index is 13.2. The second-order valence-electron chi connectivity index (χ2n) is 7.71. The predicted molar refractivity (Wildman–Crippen MR) is 126 cm³/mol. The van der Waals surface area contributed by atoms with Gasteiger partial charge in [-0.1, -0.05) is 23.7 Å². The number of carbonyl (C=O) groups excluding carboxylic acids is 2. The van der Waals surface area contributed by atoms with Crippen LogP contribution >= 0.6 is 22.9 Å². The largest absolute Gasteiger partial charge is 0.350 e. The van der Waals surface area contributed by atoms with Crippen molar-refractivity contribution in [3.05, 3.63) is 69.9 Å². The Balaban J connectivity index is 1.44. The fourth-order valence-electron chi connectivity index (χ4n) is 3.68. The first-order valence-corrected chi connectivity index (χ1v) is 11.7. The smallest absolute Gasteiger partial charge is 0.274 e. The number of hydrogen-bond donors (Lipinski definition) is 2. The van der Waals surface area contributed by atoms with E-state index in [-0.39, 0.29) is 11.8 Å². The zero-order valence-corrected chi connectivity index (χ0v) is 19.2. The molecule has 0 unspecified atom stereocenters. The fourth-order valence-corrected chi connectivity index (χ4v) is 4.55. The molecule has 0 aliphatic carbocycles. The van der Waals surface area contributed by atoms with Gasteiger partial charge in [0.15, 0.2) is 5.13 Å². The number of nitrogens with zero attached hydrogens (tertiary/aromatic N) is 3.